The van der Waals surface area contributed by atoms with Gasteiger partial charge in [-0.3, -0.25) is 4.79 Å². The minimum Gasteiger partial charge on any atom is -0.468 e. The summed E-state index contributed by atoms with van der Waals surface area (Å²) in [5.41, 5.74) is 1.03. The fourth-order valence-electron chi connectivity index (χ4n) is 1.41. The van der Waals surface area contributed by atoms with Crippen LogP contribution < -0.4 is 0 Å². The van der Waals surface area contributed by atoms with Gasteiger partial charge in [0.2, 0.25) is 6.08 Å². The Morgan fingerprint density at radius 1 is 1.59 bits per heavy atom. The number of methoxy groups -OCH3 is 1. The van der Waals surface area contributed by atoms with Crippen molar-refractivity contribution in [3.8, 4) is 6.07 Å². The topological polar surface area (TPSA) is 79.5 Å². The molecule has 0 bridgehead atoms. The molecule has 1 rings (SSSR count). The summed E-state index contributed by atoms with van der Waals surface area (Å²) in [4.78, 5) is 25.0. The van der Waals surface area contributed by atoms with E-state index in [9.17, 15) is 9.59 Å². The van der Waals surface area contributed by atoms with Crippen molar-refractivity contribution in [3.05, 3.63) is 35.4 Å². The van der Waals surface area contributed by atoms with Gasteiger partial charge in [0.25, 0.3) is 0 Å². The molecule has 0 spiro atoms. The Labute approximate surface area is 98.3 Å². The number of carbonyl (C=O) groups is 1. The largest absolute Gasteiger partial charge is 0.468 e. The molecule has 17 heavy (non-hydrogen) atoms. The first kappa shape index (κ1) is 12.6. The zero-order chi connectivity index (χ0) is 12.7. The molecule has 0 saturated heterocycles. The van der Waals surface area contributed by atoms with Gasteiger partial charge in [0.05, 0.1) is 25.3 Å². The molecule has 0 aromatic heterocycles. The first-order valence-corrected chi connectivity index (χ1v) is 4.84. The molecule has 0 unspecified atom stereocenters. The molecule has 0 aliphatic carbocycles. The van der Waals surface area contributed by atoms with E-state index in [1.165, 1.54) is 13.2 Å². The average Bonchev–Trinajstić information content (AvgIpc) is 2.39. The summed E-state index contributed by atoms with van der Waals surface area (Å²) < 4.78 is 4.63. The van der Waals surface area contributed by atoms with Crippen molar-refractivity contribution in [1.82, 2.24) is 0 Å². The van der Waals surface area contributed by atoms with Crippen molar-refractivity contribution < 1.29 is 14.3 Å². The summed E-state index contributed by atoms with van der Waals surface area (Å²) in [6.45, 7) is -0.0367. The smallest absolute Gasteiger partial charge is 0.315 e. The standard InChI is InChI=1S/C12H10N2O3/c1-17-12(16)11(7-14-8-15)10-4-2-3-9(5-10)6-13/h2-5,11H,7H2,1H3/t11-/m1/s1. The first-order chi connectivity index (χ1) is 8.22. The normalized spacial score (nSPS) is 10.8. The summed E-state index contributed by atoms with van der Waals surface area (Å²) >= 11 is 0. The van der Waals surface area contributed by atoms with Crippen LogP contribution in [0, 0.1) is 11.3 Å². The van der Waals surface area contributed by atoms with Gasteiger partial charge in [0, 0.05) is 0 Å². The van der Waals surface area contributed by atoms with Gasteiger partial charge in [-0.15, -0.1) is 0 Å². The molecule has 0 saturated carbocycles. The zero-order valence-electron chi connectivity index (χ0n) is 9.21. The molecule has 0 radical (unpaired) electrons. The van der Waals surface area contributed by atoms with Gasteiger partial charge < -0.3 is 4.74 Å². The Balaban J connectivity index is 3.07. The average molecular weight is 230 g/mol. The van der Waals surface area contributed by atoms with E-state index in [-0.39, 0.29) is 6.54 Å². The van der Waals surface area contributed by atoms with Crippen LogP contribution in [0.15, 0.2) is 29.3 Å². The monoisotopic (exact) mass is 230 g/mol. The second-order valence-electron chi connectivity index (χ2n) is 3.24. The van der Waals surface area contributed by atoms with Crippen molar-refractivity contribution >= 4 is 12.0 Å². The Kier molecular flexibility index (Phi) is 4.61. The van der Waals surface area contributed by atoms with Crippen LogP contribution in [0.1, 0.15) is 17.0 Å². The number of carbonyl (C=O) groups excluding carboxylic acids is 2. The third kappa shape index (κ3) is 3.26. The van der Waals surface area contributed by atoms with E-state index in [2.05, 4.69) is 9.73 Å². The van der Waals surface area contributed by atoms with Crippen LogP contribution in [0.25, 0.3) is 0 Å². The fraction of sp³-hybridized carbons (Fsp3) is 0.250. The highest BCUT2D eigenvalue weighted by atomic mass is 16.5. The number of ether oxygens (including phenoxy) is 1. The van der Waals surface area contributed by atoms with Gasteiger partial charge in [-0.25, -0.2) is 9.79 Å². The van der Waals surface area contributed by atoms with Crippen molar-refractivity contribution in [1.29, 1.82) is 5.26 Å². The van der Waals surface area contributed by atoms with Gasteiger partial charge in [-0.1, -0.05) is 12.1 Å². The molecule has 1 aromatic carbocycles. The van der Waals surface area contributed by atoms with Crippen LogP contribution >= 0.6 is 0 Å². The Morgan fingerprint density at radius 3 is 2.94 bits per heavy atom. The second kappa shape index (κ2) is 6.21. The molecular formula is C12H10N2O3. The fourth-order valence-corrected chi connectivity index (χ4v) is 1.41. The summed E-state index contributed by atoms with van der Waals surface area (Å²) in [6, 6.07) is 8.52. The number of esters is 1. The van der Waals surface area contributed by atoms with Gasteiger partial charge in [0.15, 0.2) is 0 Å². The number of aliphatic imine (C=N–C) groups is 1. The third-order valence-corrected chi connectivity index (χ3v) is 2.24. The first-order valence-electron chi connectivity index (χ1n) is 4.84. The zero-order valence-corrected chi connectivity index (χ0v) is 9.21. The SMILES string of the molecule is COC(=O)[C@H](CN=C=O)c1cccc(C#N)c1. The maximum atomic E-state index is 11.5. The number of nitriles is 1. The maximum Gasteiger partial charge on any atom is 0.315 e. The summed E-state index contributed by atoms with van der Waals surface area (Å²) in [5.74, 6) is -1.19. The van der Waals surface area contributed by atoms with Crippen LogP contribution in [0.2, 0.25) is 0 Å². The number of hydrogen-bond acceptors (Lipinski definition) is 5. The molecule has 86 valence electrons. The van der Waals surface area contributed by atoms with E-state index in [0.29, 0.717) is 11.1 Å². The molecule has 0 heterocycles. The molecule has 5 heteroatoms. The molecular weight excluding hydrogens is 220 g/mol. The number of rotatable bonds is 4. The highest BCUT2D eigenvalue weighted by Crippen LogP contribution is 2.19. The number of nitrogens with zero attached hydrogens (tertiary/aromatic N) is 2. The highest BCUT2D eigenvalue weighted by Gasteiger charge is 2.21. The Morgan fingerprint density at radius 2 is 2.35 bits per heavy atom. The van der Waals surface area contributed by atoms with Gasteiger partial charge in [-0.2, -0.15) is 5.26 Å². The van der Waals surface area contributed by atoms with E-state index in [1.54, 1.807) is 24.3 Å². The molecule has 0 N–H and O–H groups in total. The predicted octanol–water partition coefficient (Wildman–Crippen LogP) is 1.15. The molecule has 0 aliphatic rings. The molecule has 0 amide bonds. The lowest BCUT2D eigenvalue weighted by Crippen LogP contribution is -2.17. The van der Waals surface area contributed by atoms with Gasteiger partial charge in [0.1, 0.15) is 5.92 Å². The number of benzene rings is 1. The van der Waals surface area contributed by atoms with Gasteiger partial charge >= 0.3 is 5.97 Å². The van der Waals surface area contributed by atoms with E-state index < -0.39 is 11.9 Å². The summed E-state index contributed by atoms with van der Waals surface area (Å²) in [7, 11) is 1.26. The third-order valence-electron chi connectivity index (χ3n) is 2.24. The minimum absolute atomic E-state index is 0.0367. The van der Waals surface area contributed by atoms with Crippen LogP contribution in [-0.4, -0.2) is 25.7 Å². The van der Waals surface area contributed by atoms with Crippen LogP contribution in [0.3, 0.4) is 0 Å². The molecule has 5 nitrogen and oxygen atoms in total. The van der Waals surface area contributed by atoms with Crippen LogP contribution in [-0.2, 0) is 14.3 Å². The Hall–Kier alpha value is -2.44. The predicted molar refractivity (Wildman–Crippen MR) is 58.9 cm³/mol. The van der Waals surface area contributed by atoms with Crippen LogP contribution in [0.4, 0.5) is 0 Å². The van der Waals surface area contributed by atoms with E-state index >= 15 is 0 Å². The van der Waals surface area contributed by atoms with Crippen molar-refractivity contribution in [2.45, 2.75) is 5.92 Å². The van der Waals surface area contributed by atoms with Crippen molar-refractivity contribution in [2.24, 2.45) is 4.99 Å². The number of hydrogen-bond donors (Lipinski definition) is 0. The summed E-state index contributed by atoms with van der Waals surface area (Å²) in [5, 5.41) is 8.76. The second-order valence-corrected chi connectivity index (χ2v) is 3.24. The Bertz CT molecular complexity index is 499. The lowest BCUT2D eigenvalue weighted by Gasteiger charge is -2.11. The van der Waals surface area contributed by atoms with Crippen LogP contribution in [0.5, 0.6) is 0 Å². The number of isocyanates is 1. The summed E-state index contributed by atoms with van der Waals surface area (Å²) in [6.07, 6.45) is 1.38. The van der Waals surface area contributed by atoms with E-state index in [4.69, 9.17) is 5.26 Å². The molecule has 0 fully saturated rings. The molecule has 0 aliphatic heterocycles. The molecule has 1 atom stereocenters. The van der Waals surface area contributed by atoms with Gasteiger partial charge in [-0.05, 0) is 17.7 Å². The highest BCUT2D eigenvalue weighted by molar-refractivity contribution is 5.78. The van der Waals surface area contributed by atoms with E-state index in [1.807, 2.05) is 6.07 Å². The lowest BCUT2D eigenvalue weighted by atomic mass is 9.97. The quantitative estimate of drug-likeness (QED) is 0.441. The minimum atomic E-state index is -0.685. The lowest BCUT2D eigenvalue weighted by molar-refractivity contribution is -0.142. The van der Waals surface area contributed by atoms with E-state index in [0.717, 1.165) is 0 Å². The molecule has 1 aromatic rings. The maximum absolute atomic E-state index is 11.5. The van der Waals surface area contributed by atoms with Crippen molar-refractivity contribution in [3.63, 3.8) is 0 Å². The van der Waals surface area contributed by atoms with Crippen molar-refractivity contribution in [2.75, 3.05) is 13.7 Å².